The Morgan fingerprint density at radius 3 is 2.70 bits per heavy atom. The largest absolute Gasteiger partial charge is 0.566 e. The number of nitrogens with one attached hydrogen (secondary N) is 1. The number of carboxylic acids is 1. The molecule has 0 aromatic rings. The minimum absolute atomic E-state index is 0.299. The summed E-state index contributed by atoms with van der Waals surface area (Å²) in [5.74, 6) is -1.08. The van der Waals surface area contributed by atoms with Crippen LogP contribution in [0.2, 0.25) is 0 Å². The van der Waals surface area contributed by atoms with Crippen molar-refractivity contribution in [3.8, 4) is 0 Å². The Bertz CT molecular complexity index is 114. The van der Waals surface area contributed by atoms with Crippen molar-refractivity contribution in [1.82, 2.24) is 0 Å². The molecule has 6 nitrogen and oxygen atoms in total. The van der Waals surface area contributed by atoms with Crippen molar-refractivity contribution in [2.24, 2.45) is 0 Å². The first-order valence-electron chi connectivity index (χ1n) is 2.63. The maximum absolute atomic E-state index is 9.92. The van der Waals surface area contributed by atoms with Gasteiger partial charge >= 0.3 is 5.97 Å². The van der Waals surface area contributed by atoms with Gasteiger partial charge in [0.2, 0.25) is 0 Å². The zero-order chi connectivity index (χ0) is 8.15. The first kappa shape index (κ1) is 9.31. The normalized spacial score (nSPS) is 16.3. The zero-order valence-electron chi connectivity index (χ0n) is 5.40. The summed E-state index contributed by atoms with van der Waals surface area (Å²) in [5, 5.41) is 24.4. The molecule has 60 valence electrons. The second-order valence-corrected chi connectivity index (χ2v) is 1.79. The molecule has 10 heavy (non-hydrogen) atoms. The number of aliphatic carboxylic acids is 1. The zero-order valence-corrected chi connectivity index (χ0v) is 5.40. The molecule has 0 aromatic carbocycles. The van der Waals surface area contributed by atoms with E-state index in [1.54, 1.807) is 0 Å². The van der Waals surface area contributed by atoms with Crippen molar-refractivity contribution < 1.29 is 25.3 Å². The fourth-order valence-corrected chi connectivity index (χ4v) is 0.460. The molecular weight excluding hydrogens is 142 g/mol. The highest BCUT2D eigenvalue weighted by molar-refractivity contribution is 5.67. The molecule has 2 unspecified atom stereocenters. The van der Waals surface area contributed by atoms with Gasteiger partial charge in [-0.15, -0.1) is 0 Å². The van der Waals surface area contributed by atoms with Crippen LogP contribution in [0, 0.1) is 5.21 Å². The van der Waals surface area contributed by atoms with E-state index in [2.05, 4.69) is 4.84 Å². The molecule has 0 radical (unpaired) electrons. The lowest BCUT2D eigenvalue weighted by Gasteiger charge is -2.13. The van der Waals surface area contributed by atoms with E-state index < -0.39 is 17.5 Å². The van der Waals surface area contributed by atoms with Gasteiger partial charge in [0, 0.05) is 0 Å². The summed E-state index contributed by atoms with van der Waals surface area (Å²) in [5.41, 5.74) is 0. The molecule has 0 saturated carbocycles. The maximum Gasteiger partial charge on any atom is 0.306 e. The second kappa shape index (κ2) is 4.18. The summed E-state index contributed by atoms with van der Waals surface area (Å²) in [7, 11) is 0. The van der Waals surface area contributed by atoms with E-state index in [0.29, 0.717) is 0 Å². The molecule has 0 saturated heterocycles. The second-order valence-electron chi connectivity index (χ2n) is 1.79. The lowest BCUT2D eigenvalue weighted by molar-refractivity contribution is -1.21. The fraction of sp³-hybridized carbons (Fsp3) is 0.750. The van der Waals surface area contributed by atoms with Crippen molar-refractivity contribution in [1.29, 1.82) is 0 Å². The molecule has 2 atom stereocenters. The van der Waals surface area contributed by atoms with Crippen LogP contribution in [0.15, 0.2) is 0 Å². The molecule has 0 rings (SSSR count). The van der Waals surface area contributed by atoms with E-state index in [1.807, 2.05) is 0 Å². The van der Waals surface area contributed by atoms with Gasteiger partial charge < -0.3 is 10.3 Å². The van der Waals surface area contributed by atoms with Crippen LogP contribution in [-0.4, -0.2) is 22.4 Å². The predicted molar refractivity (Wildman–Crippen MR) is 28.9 cm³/mol. The minimum Gasteiger partial charge on any atom is -0.566 e. The molecule has 0 aliphatic rings. The Morgan fingerprint density at radius 1 is 1.90 bits per heavy atom. The van der Waals surface area contributed by atoms with Crippen molar-refractivity contribution in [2.45, 2.75) is 19.4 Å². The van der Waals surface area contributed by atoms with Crippen LogP contribution in [0.3, 0.4) is 0 Å². The summed E-state index contributed by atoms with van der Waals surface area (Å²) in [4.78, 5) is 14.0. The van der Waals surface area contributed by atoms with Gasteiger partial charge in [0.05, 0.1) is 6.42 Å². The Kier molecular flexibility index (Phi) is 3.89. The van der Waals surface area contributed by atoms with Crippen LogP contribution >= 0.6 is 0 Å². The van der Waals surface area contributed by atoms with Crippen molar-refractivity contribution in [2.75, 3.05) is 0 Å². The predicted octanol–water partition coefficient (Wildman–Crippen LogP) is -1.45. The van der Waals surface area contributed by atoms with Crippen LogP contribution < -0.4 is 5.39 Å². The SMILES string of the molecule is CC(CC(=O)O)O[NH+]([O-])O. The topological polar surface area (TPSA) is 94.3 Å². The molecule has 0 aliphatic carbocycles. The van der Waals surface area contributed by atoms with Gasteiger partial charge in [-0.05, 0) is 6.92 Å². The van der Waals surface area contributed by atoms with Crippen LogP contribution in [0.25, 0.3) is 0 Å². The summed E-state index contributed by atoms with van der Waals surface area (Å²) < 4.78 is 0. The summed E-state index contributed by atoms with van der Waals surface area (Å²) in [6, 6.07) is 0. The standard InChI is InChI=1S/C4H9NO5/c1-3(2-4(6)7)10-5(8)9/h3,5,8H,2H2,1H3,(H,6,7). The first-order chi connectivity index (χ1) is 4.52. The number of carbonyl (C=O) groups is 1. The van der Waals surface area contributed by atoms with Crippen molar-refractivity contribution in [3.63, 3.8) is 0 Å². The molecule has 0 spiro atoms. The molecule has 6 heteroatoms. The van der Waals surface area contributed by atoms with Gasteiger partial charge in [-0.1, -0.05) is 5.39 Å². The van der Waals surface area contributed by atoms with Crippen molar-refractivity contribution >= 4 is 5.97 Å². The highest BCUT2D eigenvalue weighted by atomic mass is 17.1. The average molecular weight is 151 g/mol. The molecule has 0 fully saturated rings. The van der Waals surface area contributed by atoms with Crippen molar-refractivity contribution in [3.05, 3.63) is 5.21 Å². The quantitative estimate of drug-likeness (QED) is 0.427. The van der Waals surface area contributed by atoms with Gasteiger partial charge in [-0.2, -0.15) is 10.0 Å². The average Bonchev–Trinajstić information content (AvgIpc) is 1.58. The van der Waals surface area contributed by atoms with Gasteiger partial charge in [-0.3, -0.25) is 4.79 Å². The van der Waals surface area contributed by atoms with Gasteiger partial charge in [-0.25, -0.2) is 0 Å². The Labute approximate surface area is 57.1 Å². The smallest absolute Gasteiger partial charge is 0.306 e. The number of rotatable bonds is 4. The molecule has 0 aromatic heterocycles. The number of hydrogen-bond donors (Lipinski definition) is 3. The number of quaternary nitrogens is 1. The highest BCUT2D eigenvalue weighted by Gasteiger charge is 2.10. The molecule has 0 aliphatic heterocycles. The van der Waals surface area contributed by atoms with Gasteiger partial charge in [0.25, 0.3) is 0 Å². The first-order valence-corrected chi connectivity index (χ1v) is 2.63. The van der Waals surface area contributed by atoms with Crippen LogP contribution in [0.1, 0.15) is 13.3 Å². The summed E-state index contributed by atoms with van der Waals surface area (Å²) >= 11 is 0. The number of carboxylic acid groups (broad SMARTS) is 1. The molecule has 3 N–H and O–H groups in total. The van der Waals surface area contributed by atoms with E-state index >= 15 is 0 Å². The lowest BCUT2D eigenvalue weighted by atomic mass is 10.3. The fourth-order valence-electron chi connectivity index (χ4n) is 0.460. The Morgan fingerprint density at radius 2 is 2.40 bits per heavy atom. The summed E-state index contributed by atoms with van der Waals surface area (Å²) in [6.45, 7) is 1.38. The minimum atomic E-state index is -1.45. The lowest BCUT2D eigenvalue weighted by Crippen LogP contribution is -3.04. The third kappa shape index (κ3) is 5.45. The third-order valence-corrected chi connectivity index (χ3v) is 0.764. The monoisotopic (exact) mass is 151 g/mol. The van der Waals surface area contributed by atoms with Crippen LogP contribution in [0.5, 0.6) is 0 Å². The molecule has 0 heterocycles. The Hall–Kier alpha value is -0.690. The highest BCUT2D eigenvalue weighted by Crippen LogP contribution is 1.91. The maximum atomic E-state index is 9.92. The van der Waals surface area contributed by atoms with E-state index in [4.69, 9.17) is 10.3 Å². The van der Waals surface area contributed by atoms with E-state index in [1.165, 1.54) is 6.92 Å². The van der Waals surface area contributed by atoms with E-state index in [-0.39, 0.29) is 6.42 Å². The number of hydrogen-bond acceptors (Lipinski definition) is 4. The molecular formula is C4H9NO5. The van der Waals surface area contributed by atoms with Gasteiger partial charge in [0.1, 0.15) is 6.10 Å². The third-order valence-electron chi connectivity index (χ3n) is 0.764. The molecule has 0 bridgehead atoms. The van der Waals surface area contributed by atoms with E-state index in [0.717, 1.165) is 0 Å². The van der Waals surface area contributed by atoms with E-state index in [9.17, 15) is 10.0 Å². The van der Waals surface area contributed by atoms with Gasteiger partial charge in [0.15, 0.2) is 0 Å². The van der Waals surface area contributed by atoms with Crippen LogP contribution in [0.4, 0.5) is 0 Å². The Balaban J connectivity index is 3.43. The summed E-state index contributed by atoms with van der Waals surface area (Å²) in [6.07, 6.45) is -1.08. The molecule has 0 amide bonds. The van der Waals surface area contributed by atoms with Crippen LogP contribution in [-0.2, 0) is 9.63 Å².